The molecule has 0 atom stereocenters. The van der Waals surface area contributed by atoms with Gasteiger partial charge in [-0.15, -0.1) is 0 Å². The van der Waals surface area contributed by atoms with Crippen LogP contribution in [0.1, 0.15) is 13.3 Å². The Morgan fingerprint density at radius 1 is 0.556 bits per heavy atom. The summed E-state index contributed by atoms with van der Waals surface area (Å²) in [5.41, 5.74) is 0.697. The number of carbonyl (C=O) groups excluding carboxylic acids is 2. The van der Waals surface area contributed by atoms with Crippen molar-refractivity contribution in [3.63, 3.8) is 0 Å². The molecule has 1 N–H and O–H groups in total. The van der Waals surface area contributed by atoms with Crippen LogP contribution in [0.3, 0.4) is 0 Å². The lowest BCUT2D eigenvalue weighted by atomic mass is 10.2. The number of hydrogen-bond donors (Lipinski definition) is 1. The van der Waals surface area contributed by atoms with E-state index in [1.54, 1.807) is 24.3 Å². The second-order valence-electron chi connectivity index (χ2n) is 8.85. The fraction of sp³-hybridized carbons (Fsp3) is 0.517. The number of benzene rings is 2. The Labute approximate surface area is 256 Å². The maximum atomic E-state index is 13.5. The third-order valence-corrected chi connectivity index (χ3v) is 5.37. The Morgan fingerprint density at radius 2 is 0.933 bits per heavy atom. The van der Waals surface area contributed by atoms with Crippen LogP contribution >= 0.6 is 0 Å². The minimum atomic E-state index is -2.35. The zero-order valence-electron chi connectivity index (χ0n) is 24.7. The highest BCUT2D eigenvalue weighted by molar-refractivity contribution is 5.88. The zero-order chi connectivity index (χ0) is 32.9. The molecule has 0 heterocycles. The van der Waals surface area contributed by atoms with E-state index in [0.717, 1.165) is 0 Å². The molecule has 1 amide bonds. The van der Waals surface area contributed by atoms with E-state index < -0.39 is 47.2 Å². The molecule has 0 radical (unpaired) electrons. The summed E-state index contributed by atoms with van der Waals surface area (Å²) >= 11 is 0. The average Bonchev–Trinajstić information content (AvgIpc) is 3.02. The van der Waals surface area contributed by atoms with Crippen molar-refractivity contribution < 1.29 is 69.4 Å². The highest BCUT2D eigenvalue weighted by Gasteiger charge is 2.28. The van der Waals surface area contributed by atoms with Crippen molar-refractivity contribution in [3.8, 4) is 11.5 Å². The summed E-state index contributed by atoms with van der Waals surface area (Å²) < 4.78 is 108. The largest absolute Gasteiger partial charge is 0.491 e. The molecule has 0 aliphatic rings. The predicted molar refractivity (Wildman–Crippen MR) is 148 cm³/mol. The molecular formula is C29H36F5NO10. The number of halogens is 5. The number of anilines is 1. The predicted octanol–water partition coefficient (Wildman–Crippen LogP) is 3.81. The first-order valence-corrected chi connectivity index (χ1v) is 13.9. The summed E-state index contributed by atoms with van der Waals surface area (Å²) in [6, 6.07) is 7.02. The highest BCUT2D eigenvalue weighted by atomic mass is 19.2. The molecule has 2 aromatic rings. The molecular weight excluding hydrogens is 617 g/mol. The zero-order valence-corrected chi connectivity index (χ0v) is 24.7. The van der Waals surface area contributed by atoms with Gasteiger partial charge < -0.3 is 43.2 Å². The van der Waals surface area contributed by atoms with Gasteiger partial charge in [-0.2, -0.15) is 8.78 Å². The lowest BCUT2D eigenvalue weighted by molar-refractivity contribution is -0.136. The normalized spacial score (nSPS) is 11.1. The summed E-state index contributed by atoms with van der Waals surface area (Å²) in [6.07, 6.45) is -0.489. The van der Waals surface area contributed by atoms with Crippen LogP contribution in [0, 0.1) is 29.1 Å². The molecule has 0 saturated heterocycles. The molecule has 2 rings (SSSR count). The van der Waals surface area contributed by atoms with Crippen molar-refractivity contribution >= 4 is 17.6 Å². The van der Waals surface area contributed by atoms with Gasteiger partial charge in [0.2, 0.25) is 40.7 Å². The van der Waals surface area contributed by atoms with Crippen molar-refractivity contribution in [3.05, 3.63) is 53.4 Å². The van der Waals surface area contributed by atoms with E-state index in [1.807, 2.05) is 0 Å². The van der Waals surface area contributed by atoms with E-state index in [4.69, 9.17) is 33.2 Å². The fourth-order valence-electron chi connectivity index (χ4n) is 3.25. The van der Waals surface area contributed by atoms with Gasteiger partial charge in [0.1, 0.15) is 12.4 Å². The molecule has 0 fully saturated rings. The average molecular weight is 654 g/mol. The van der Waals surface area contributed by atoms with E-state index in [9.17, 15) is 31.5 Å². The molecule has 0 bridgehead atoms. The van der Waals surface area contributed by atoms with Gasteiger partial charge in [-0.25, -0.2) is 13.2 Å². The SMILES string of the molecule is CC(=O)Nc1ccc(OCCOCCOCCOCCOCCOCCOCCC(=O)Oc2c(F)c(F)c(F)c(F)c2F)cc1. The molecule has 0 spiro atoms. The van der Waals surface area contributed by atoms with Gasteiger partial charge in [0.25, 0.3) is 0 Å². The first-order valence-electron chi connectivity index (χ1n) is 13.9. The standard InChI is InChI=1S/C29H36F5NO10/c1-20(36)35-21-2-4-22(5-3-21)44-19-18-43-17-16-42-15-14-41-13-12-40-11-10-39-9-8-38-7-6-23(37)45-29-27(33)25(31)24(30)26(32)28(29)34/h2-5H,6-19H2,1H3,(H,35,36). The minimum absolute atomic E-state index is 0.0776. The van der Waals surface area contributed by atoms with Crippen molar-refractivity contribution in [2.24, 2.45) is 0 Å². The van der Waals surface area contributed by atoms with Crippen LogP contribution in [0.25, 0.3) is 0 Å². The van der Waals surface area contributed by atoms with Gasteiger partial charge in [0.05, 0.1) is 85.7 Å². The van der Waals surface area contributed by atoms with Crippen molar-refractivity contribution in [2.45, 2.75) is 13.3 Å². The van der Waals surface area contributed by atoms with Gasteiger partial charge in [0.15, 0.2) is 0 Å². The Bertz CT molecular complexity index is 1140. The van der Waals surface area contributed by atoms with Crippen LogP contribution in [-0.4, -0.2) is 97.8 Å². The smallest absolute Gasteiger partial charge is 0.313 e. The number of nitrogens with one attached hydrogen (secondary N) is 1. The summed E-state index contributed by atoms with van der Waals surface area (Å²) in [5, 5.41) is 2.68. The highest BCUT2D eigenvalue weighted by Crippen LogP contribution is 2.29. The molecule has 0 saturated carbocycles. The maximum absolute atomic E-state index is 13.5. The number of amides is 1. The molecule has 0 unspecified atom stereocenters. The third-order valence-electron chi connectivity index (χ3n) is 5.37. The maximum Gasteiger partial charge on any atom is 0.313 e. The lowest BCUT2D eigenvalue weighted by Crippen LogP contribution is -2.16. The van der Waals surface area contributed by atoms with Gasteiger partial charge in [-0.05, 0) is 24.3 Å². The summed E-state index contributed by atoms with van der Waals surface area (Å²) in [5.74, 6) is -13.6. The van der Waals surface area contributed by atoms with E-state index in [2.05, 4.69) is 10.1 Å². The summed E-state index contributed by atoms with van der Waals surface area (Å²) in [7, 11) is 0. The Balaban J connectivity index is 1.31. The van der Waals surface area contributed by atoms with E-state index >= 15 is 0 Å². The number of ether oxygens (including phenoxy) is 8. The molecule has 0 aromatic heterocycles. The molecule has 0 aliphatic carbocycles. The third kappa shape index (κ3) is 15.4. The second kappa shape index (κ2) is 22.2. The number of carbonyl (C=O) groups is 2. The molecule has 45 heavy (non-hydrogen) atoms. The van der Waals surface area contributed by atoms with Crippen molar-refractivity contribution in [2.75, 3.05) is 91.2 Å². The van der Waals surface area contributed by atoms with Crippen LogP contribution in [0.2, 0.25) is 0 Å². The van der Waals surface area contributed by atoms with Crippen LogP contribution in [0.15, 0.2) is 24.3 Å². The second-order valence-corrected chi connectivity index (χ2v) is 8.85. The lowest BCUT2D eigenvalue weighted by Gasteiger charge is -2.09. The first-order chi connectivity index (χ1) is 21.7. The molecule has 252 valence electrons. The Kier molecular flexibility index (Phi) is 18.6. The molecule has 11 nitrogen and oxygen atoms in total. The van der Waals surface area contributed by atoms with Crippen molar-refractivity contribution in [1.82, 2.24) is 0 Å². The van der Waals surface area contributed by atoms with E-state index in [-0.39, 0.29) is 32.3 Å². The molecule has 16 heteroatoms. The van der Waals surface area contributed by atoms with Gasteiger partial charge >= 0.3 is 5.97 Å². The quantitative estimate of drug-likeness (QED) is 0.0448. The monoisotopic (exact) mass is 653 g/mol. The molecule has 0 aliphatic heterocycles. The Morgan fingerprint density at radius 3 is 1.36 bits per heavy atom. The van der Waals surface area contributed by atoms with E-state index in [1.165, 1.54) is 6.92 Å². The topological polar surface area (TPSA) is 120 Å². The fourth-order valence-corrected chi connectivity index (χ4v) is 3.25. The number of esters is 1. The summed E-state index contributed by atoms with van der Waals surface area (Å²) in [6.45, 7) is 5.15. The van der Waals surface area contributed by atoms with Crippen LogP contribution in [0.5, 0.6) is 11.5 Å². The van der Waals surface area contributed by atoms with Gasteiger partial charge in [-0.3, -0.25) is 9.59 Å². The van der Waals surface area contributed by atoms with E-state index in [0.29, 0.717) is 70.9 Å². The van der Waals surface area contributed by atoms with Crippen molar-refractivity contribution in [1.29, 1.82) is 0 Å². The van der Waals surface area contributed by atoms with Gasteiger partial charge in [-0.1, -0.05) is 0 Å². The Hall–Kier alpha value is -3.41. The van der Waals surface area contributed by atoms with Crippen LogP contribution in [-0.2, 0) is 38.0 Å². The van der Waals surface area contributed by atoms with Gasteiger partial charge in [0, 0.05) is 12.6 Å². The summed E-state index contributed by atoms with van der Waals surface area (Å²) in [4.78, 5) is 22.6. The minimum Gasteiger partial charge on any atom is -0.491 e. The van der Waals surface area contributed by atoms with Crippen LogP contribution in [0.4, 0.5) is 27.6 Å². The molecule has 2 aromatic carbocycles. The first kappa shape index (κ1) is 37.8. The number of hydrogen-bond acceptors (Lipinski definition) is 10. The number of rotatable bonds is 24. The van der Waals surface area contributed by atoms with Crippen LogP contribution < -0.4 is 14.8 Å².